The van der Waals surface area contributed by atoms with Gasteiger partial charge in [0, 0.05) is 30.9 Å². The summed E-state index contributed by atoms with van der Waals surface area (Å²) < 4.78 is 0. The molecule has 1 heterocycles. The van der Waals surface area contributed by atoms with Crippen molar-refractivity contribution in [1.29, 1.82) is 0 Å². The lowest BCUT2D eigenvalue weighted by Crippen LogP contribution is -2.30. The monoisotopic (exact) mass is 220 g/mol. The standard InChI is InChI=1S/C14H24N2/c1-5-12(4)14(10-16-11(2)3)13-7-6-8-15-9-13/h6-9,11-12,14,16H,5,10H2,1-4H3. The zero-order valence-electron chi connectivity index (χ0n) is 10.9. The Balaban J connectivity index is 2.71. The Morgan fingerprint density at radius 1 is 1.31 bits per heavy atom. The van der Waals surface area contributed by atoms with E-state index in [2.05, 4.69) is 44.1 Å². The van der Waals surface area contributed by atoms with E-state index < -0.39 is 0 Å². The maximum Gasteiger partial charge on any atom is 0.0303 e. The minimum absolute atomic E-state index is 0.545. The normalized spacial score (nSPS) is 15.1. The summed E-state index contributed by atoms with van der Waals surface area (Å²) in [6, 6.07) is 4.76. The first-order valence-electron chi connectivity index (χ1n) is 6.28. The first kappa shape index (κ1) is 13.2. The van der Waals surface area contributed by atoms with E-state index >= 15 is 0 Å². The van der Waals surface area contributed by atoms with Crippen molar-refractivity contribution in [3.63, 3.8) is 0 Å². The van der Waals surface area contributed by atoms with Gasteiger partial charge in [-0.15, -0.1) is 0 Å². The topological polar surface area (TPSA) is 24.9 Å². The lowest BCUT2D eigenvalue weighted by Gasteiger charge is -2.24. The van der Waals surface area contributed by atoms with Crippen molar-refractivity contribution >= 4 is 0 Å². The van der Waals surface area contributed by atoms with E-state index in [0.717, 1.165) is 6.54 Å². The summed E-state index contributed by atoms with van der Waals surface area (Å²) in [6.07, 6.45) is 5.05. The van der Waals surface area contributed by atoms with E-state index in [1.807, 2.05) is 18.5 Å². The van der Waals surface area contributed by atoms with Gasteiger partial charge in [0.05, 0.1) is 0 Å². The van der Waals surface area contributed by atoms with Crippen molar-refractivity contribution in [1.82, 2.24) is 10.3 Å². The van der Waals surface area contributed by atoms with Gasteiger partial charge in [-0.25, -0.2) is 0 Å². The number of pyridine rings is 1. The van der Waals surface area contributed by atoms with Crippen LogP contribution in [0.3, 0.4) is 0 Å². The van der Waals surface area contributed by atoms with Crippen molar-refractivity contribution in [2.45, 2.75) is 46.1 Å². The molecule has 1 aromatic heterocycles. The van der Waals surface area contributed by atoms with Crippen molar-refractivity contribution < 1.29 is 0 Å². The van der Waals surface area contributed by atoms with Crippen LogP contribution in [-0.4, -0.2) is 17.6 Å². The summed E-state index contributed by atoms with van der Waals surface area (Å²) in [4.78, 5) is 4.22. The minimum Gasteiger partial charge on any atom is -0.314 e. The molecule has 0 fully saturated rings. The summed E-state index contributed by atoms with van der Waals surface area (Å²) in [6.45, 7) is 10.00. The van der Waals surface area contributed by atoms with Gasteiger partial charge in [-0.3, -0.25) is 4.98 Å². The third kappa shape index (κ3) is 3.93. The first-order valence-corrected chi connectivity index (χ1v) is 6.28. The van der Waals surface area contributed by atoms with Gasteiger partial charge in [0.15, 0.2) is 0 Å². The molecule has 0 bridgehead atoms. The Morgan fingerprint density at radius 2 is 2.06 bits per heavy atom. The fourth-order valence-electron chi connectivity index (χ4n) is 1.89. The summed E-state index contributed by atoms with van der Waals surface area (Å²) in [5.41, 5.74) is 1.35. The quantitative estimate of drug-likeness (QED) is 0.796. The van der Waals surface area contributed by atoms with Crippen LogP contribution in [0.15, 0.2) is 24.5 Å². The smallest absolute Gasteiger partial charge is 0.0303 e. The summed E-state index contributed by atoms with van der Waals surface area (Å²) >= 11 is 0. The van der Waals surface area contributed by atoms with E-state index in [1.54, 1.807) is 0 Å². The van der Waals surface area contributed by atoms with Crippen molar-refractivity contribution in [3.8, 4) is 0 Å². The van der Waals surface area contributed by atoms with Crippen LogP contribution in [0, 0.1) is 5.92 Å². The van der Waals surface area contributed by atoms with Crippen molar-refractivity contribution in [2.75, 3.05) is 6.54 Å². The predicted octanol–water partition coefficient (Wildman–Crippen LogP) is 3.21. The Kier molecular flexibility index (Phi) is 5.47. The van der Waals surface area contributed by atoms with Crippen LogP contribution >= 0.6 is 0 Å². The van der Waals surface area contributed by atoms with E-state index in [-0.39, 0.29) is 0 Å². The summed E-state index contributed by atoms with van der Waals surface area (Å²) in [7, 11) is 0. The number of aromatic nitrogens is 1. The Bertz CT molecular complexity index is 282. The predicted molar refractivity (Wildman–Crippen MR) is 69.6 cm³/mol. The van der Waals surface area contributed by atoms with Crippen LogP contribution in [0.2, 0.25) is 0 Å². The highest BCUT2D eigenvalue weighted by Crippen LogP contribution is 2.25. The van der Waals surface area contributed by atoms with Gasteiger partial charge in [-0.05, 0) is 17.5 Å². The largest absolute Gasteiger partial charge is 0.314 e. The Morgan fingerprint density at radius 3 is 2.56 bits per heavy atom. The third-order valence-electron chi connectivity index (χ3n) is 3.19. The summed E-state index contributed by atoms with van der Waals surface area (Å²) in [5.74, 6) is 1.26. The molecule has 16 heavy (non-hydrogen) atoms. The van der Waals surface area contributed by atoms with Crippen LogP contribution in [0.1, 0.15) is 45.6 Å². The maximum absolute atomic E-state index is 4.22. The fraction of sp³-hybridized carbons (Fsp3) is 0.643. The van der Waals surface area contributed by atoms with Gasteiger partial charge >= 0.3 is 0 Å². The minimum atomic E-state index is 0.545. The molecule has 2 atom stereocenters. The van der Waals surface area contributed by atoms with Gasteiger partial charge in [-0.2, -0.15) is 0 Å². The number of hydrogen-bond donors (Lipinski definition) is 1. The highest BCUT2D eigenvalue weighted by Gasteiger charge is 2.18. The van der Waals surface area contributed by atoms with E-state index in [9.17, 15) is 0 Å². The third-order valence-corrected chi connectivity index (χ3v) is 3.19. The van der Waals surface area contributed by atoms with Gasteiger partial charge in [0.25, 0.3) is 0 Å². The van der Waals surface area contributed by atoms with Crippen molar-refractivity contribution in [2.24, 2.45) is 5.92 Å². The number of nitrogens with zero attached hydrogens (tertiary/aromatic N) is 1. The molecule has 1 aromatic rings. The molecular formula is C14H24N2. The average Bonchev–Trinajstić information content (AvgIpc) is 2.30. The molecule has 2 nitrogen and oxygen atoms in total. The van der Waals surface area contributed by atoms with Gasteiger partial charge in [0.1, 0.15) is 0 Å². The average molecular weight is 220 g/mol. The molecular weight excluding hydrogens is 196 g/mol. The van der Waals surface area contributed by atoms with Crippen LogP contribution in [-0.2, 0) is 0 Å². The molecule has 0 radical (unpaired) electrons. The second kappa shape index (κ2) is 6.64. The summed E-state index contributed by atoms with van der Waals surface area (Å²) in [5, 5.41) is 3.53. The van der Waals surface area contributed by atoms with Crippen LogP contribution in [0.4, 0.5) is 0 Å². The molecule has 2 unspecified atom stereocenters. The van der Waals surface area contributed by atoms with Gasteiger partial charge in [0.2, 0.25) is 0 Å². The molecule has 2 heteroatoms. The highest BCUT2D eigenvalue weighted by molar-refractivity contribution is 5.16. The molecule has 1 N–H and O–H groups in total. The zero-order valence-corrected chi connectivity index (χ0v) is 10.9. The lowest BCUT2D eigenvalue weighted by atomic mass is 9.86. The van der Waals surface area contributed by atoms with Crippen LogP contribution in [0.25, 0.3) is 0 Å². The van der Waals surface area contributed by atoms with Crippen molar-refractivity contribution in [3.05, 3.63) is 30.1 Å². The molecule has 0 aliphatic carbocycles. The van der Waals surface area contributed by atoms with Gasteiger partial charge < -0.3 is 5.32 Å². The SMILES string of the molecule is CCC(C)C(CNC(C)C)c1cccnc1. The molecule has 90 valence electrons. The van der Waals surface area contributed by atoms with Crippen LogP contribution < -0.4 is 5.32 Å². The van der Waals surface area contributed by atoms with Gasteiger partial charge in [-0.1, -0.05) is 40.2 Å². The molecule has 0 aliphatic heterocycles. The highest BCUT2D eigenvalue weighted by atomic mass is 14.9. The second-order valence-electron chi connectivity index (χ2n) is 4.84. The van der Waals surface area contributed by atoms with Crippen LogP contribution in [0.5, 0.6) is 0 Å². The number of nitrogens with one attached hydrogen (secondary N) is 1. The maximum atomic E-state index is 4.22. The van der Waals surface area contributed by atoms with E-state index in [4.69, 9.17) is 0 Å². The molecule has 0 amide bonds. The molecule has 0 spiro atoms. The first-order chi connectivity index (χ1) is 7.65. The molecule has 0 saturated heterocycles. The molecule has 0 aliphatic rings. The van der Waals surface area contributed by atoms with E-state index in [1.165, 1.54) is 12.0 Å². The number of rotatable bonds is 6. The molecule has 1 rings (SSSR count). The van der Waals surface area contributed by atoms with E-state index in [0.29, 0.717) is 17.9 Å². The molecule has 0 aromatic carbocycles. The lowest BCUT2D eigenvalue weighted by molar-refractivity contribution is 0.406. The number of hydrogen-bond acceptors (Lipinski definition) is 2. The Labute approximate surface area is 99.5 Å². The molecule has 0 saturated carbocycles. The zero-order chi connectivity index (χ0) is 12.0. The fourth-order valence-corrected chi connectivity index (χ4v) is 1.89. The second-order valence-corrected chi connectivity index (χ2v) is 4.84. The Hall–Kier alpha value is -0.890.